The first kappa shape index (κ1) is 22.9. The number of imide groups is 2. The lowest BCUT2D eigenvalue weighted by Gasteiger charge is -2.27. The smallest absolute Gasteiger partial charge is 0.335 e. The Hall–Kier alpha value is -3.88. The number of hydrogen-bond donors (Lipinski definition) is 0. The highest BCUT2D eigenvalue weighted by Crippen LogP contribution is 2.38. The normalized spacial score (nSPS) is 20.9. The number of ether oxygens (including phenoxy) is 2. The SMILES string of the molecule is CC(c1ccccc1)N1C(=O)C(=O)N(CC(=O)N2CCCC2c2ccc3c(c2)OCCCO3)C1=O. The first-order valence-electron chi connectivity index (χ1n) is 11.9. The van der Waals surface area contributed by atoms with Crippen molar-refractivity contribution in [2.24, 2.45) is 0 Å². The maximum atomic E-state index is 13.3. The minimum absolute atomic E-state index is 0.206. The summed E-state index contributed by atoms with van der Waals surface area (Å²) in [4.78, 5) is 55.0. The number of fused-ring (bicyclic) bond motifs is 1. The molecule has 0 radical (unpaired) electrons. The molecule has 0 saturated carbocycles. The van der Waals surface area contributed by atoms with Crippen LogP contribution in [0.3, 0.4) is 0 Å². The summed E-state index contributed by atoms with van der Waals surface area (Å²) in [6.07, 6.45) is 2.35. The summed E-state index contributed by atoms with van der Waals surface area (Å²) in [5.74, 6) is -0.928. The van der Waals surface area contributed by atoms with Gasteiger partial charge in [0.2, 0.25) is 5.91 Å². The zero-order chi connectivity index (χ0) is 24.5. The van der Waals surface area contributed by atoms with Gasteiger partial charge in [-0.05, 0) is 43.0 Å². The lowest BCUT2D eigenvalue weighted by Crippen LogP contribution is -2.43. The van der Waals surface area contributed by atoms with Crippen LogP contribution >= 0.6 is 0 Å². The predicted molar refractivity (Wildman–Crippen MR) is 125 cm³/mol. The number of hydrogen-bond acceptors (Lipinski definition) is 6. The van der Waals surface area contributed by atoms with E-state index in [1.807, 2.05) is 24.3 Å². The number of carbonyl (C=O) groups is 4. The van der Waals surface area contributed by atoms with Crippen molar-refractivity contribution in [1.29, 1.82) is 0 Å². The Morgan fingerprint density at radius 2 is 1.71 bits per heavy atom. The number of amides is 5. The third-order valence-corrected chi connectivity index (χ3v) is 6.78. The fourth-order valence-electron chi connectivity index (χ4n) is 4.91. The van der Waals surface area contributed by atoms with E-state index in [1.165, 1.54) is 0 Å². The minimum Gasteiger partial charge on any atom is -0.490 e. The Morgan fingerprint density at radius 3 is 2.49 bits per heavy atom. The Balaban J connectivity index is 1.32. The molecule has 0 aromatic heterocycles. The Morgan fingerprint density at radius 1 is 0.971 bits per heavy atom. The van der Waals surface area contributed by atoms with Gasteiger partial charge in [0.25, 0.3) is 0 Å². The molecule has 35 heavy (non-hydrogen) atoms. The molecule has 0 spiro atoms. The van der Waals surface area contributed by atoms with Crippen LogP contribution < -0.4 is 9.47 Å². The van der Waals surface area contributed by atoms with Gasteiger partial charge in [0, 0.05) is 13.0 Å². The fraction of sp³-hybridized carbons (Fsp3) is 0.385. The van der Waals surface area contributed by atoms with E-state index in [1.54, 1.807) is 36.1 Å². The quantitative estimate of drug-likeness (QED) is 0.485. The maximum Gasteiger partial charge on any atom is 0.335 e. The largest absolute Gasteiger partial charge is 0.490 e. The topological polar surface area (TPSA) is 96.5 Å². The van der Waals surface area contributed by atoms with Crippen molar-refractivity contribution in [2.75, 3.05) is 26.3 Å². The van der Waals surface area contributed by atoms with Crippen LogP contribution in [0.15, 0.2) is 48.5 Å². The minimum atomic E-state index is -0.975. The first-order valence-corrected chi connectivity index (χ1v) is 11.9. The number of likely N-dealkylation sites (tertiary alicyclic amines) is 1. The van der Waals surface area contributed by atoms with E-state index < -0.39 is 30.4 Å². The van der Waals surface area contributed by atoms with Gasteiger partial charge in [0.05, 0.1) is 25.3 Å². The van der Waals surface area contributed by atoms with E-state index in [9.17, 15) is 19.2 Å². The van der Waals surface area contributed by atoms with E-state index in [0.717, 1.165) is 40.2 Å². The summed E-state index contributed by atoms with van der Waals surface area (Å²) in [7, 11) is 0. The van der Waals surface area contributed by atoms with Crippen molar-refractivity contribution in [1.82, 2.24) is 14.7 Å². The second kappa shape index (κ2) is 9.40. The van der Waals surface area contributed by atoms with Crippen molar-refractivity contribution in [3.05, 3.63) is 59.7 Å². The predicted octanol–water partition coefficient (Wildman–Crippen LogP) is 3.06. The molecule has 2 unspecified atom stereocenters. The molecule has 2 fully saturated rings. The van der Waals surface area contributed by atoms with Crippen LogP contribution in [0.5, 0.6) is 11.5 Å². The zero-order valence-corrected chi connectivity index (χ0v) is 19.5. The van der Waals surface area contributed by atoms with Crippen LogP contribution in [0.4, 0.5) is 4.79 Å². The number of rotatable bonds is 5. The molecular formula is C26H27N3O6. The standard InChI is InChI=1S/C26H27N3O6/c1-17(18-7-3-2-4-8-18)29-25(32)24(31)28(26(29)33)16-23(30)27-12-5-9-20(27)19-10-11-21-22(15-19)35-14-6-13-34-21/h2-4,7-8,10-11,15,17,20H,5-6,9,12-14,16H2,1H3. The summed E-state index contributed by atoms with van der Waals surface area (Å²) >= 11 is 0. The molecule has 0 N–H and O–H groups in total. The van der Waals surface area contributed by atoms with Gasteiger partial charge in [-0.3, -0.25) is 14.4 Å². The summed E-state index contributed by atoms with van der Waals surface area (Å²) in [6, 6.07) is 13.1. The second-order valence-corrected chi connectivity index (χ2v) is 8.94. The van der Waals surface area contributed by atoms with Crippen LogP contribution in [0.1, 0.15) is 49.4 Å². The van der Waals surface area contributed by atoms with Crippen molar-refractivity contribution < 1.29 is 28.7 Å². The average molecular weight is 478 g/mol. The molecule has 3 heterocycles. The molecule has 5 rings (SSSR count). The van der Waals surface area contributed by atoms with Crippen LogP contribution in [-0.4, -0.2) is 64.8 Å². The molecule has 5 amide bonds. The van der Waals surface area contributed by atoms with Gasteiger partial charge in [-0.15, -0.1) is 0 Å². The highest BCUT2D eigenvalue weighted by Gasteiger charge is 2.48. The lowest BCUT2D eigenvalue weighted by atomic mass is 10.0. The molecule has 9 nitrogen and oxygen atoms in total. The number of carbonyl (C=O) groups excluding carboxylic acids is 4. The maximum absolute atomic E-state index is 13.3. The lowest BCUT2D eigenvalue weighted by molar-refractivity contribution is -0.145. The molecule has 3 aliphatic heterocycles. The fourth-order valence-corrected chi connectivity index (χ4v) is 4.91. The van der Waals surface area contributed by atoms with E-state index in [-0.39, 0.29) is 11.9 Å². The molecule has 2 aromatic carbocycles. The second-order valence-electron chi connectivity index (χ2n) is 8.94. The average Bonchev–Trinajstić information content (AvgIpc) is 3.34. The monoisotopic (exact) mass is 477 g/mol. The molecule has 2 atom stereocenters. The van der Waals surface area contributed by atoms with E-state index >= 15 is 0 Å². The molecule has 2 saturated heterocycles. The van der Waals surface area contributed by atoms with Crippen molar-refractivity contribution >= 4 is 23.8 Å². The van der Waals surface area contributed by atoms with E-state index in [0.29, 0.717) is 31.3 Å². The van der Waals surface area contributed by atoms with Crippen LogP contribution in [0.25, 0.3) is 0 Å². The molecule has 0 bridgehead atoms. The highest BCUT2D eigenvalue weighted by molar-refractivity contribution is 6.45. The summed E-state index contributed by atoms with van der Waals surface area (Å²) < 4.78 is 11.5. The Bertz CT molecular complexity index is 1170. The van der Waals surface area contributed by atoms with Gasteiger partial charge >= 0.3 is 17.8 Å². The third kappa shape index (κ3) is 4.22. The van der Waals surface area contributed by atoms with Gasteiger partial charge in [-0.1, -0.05) is 36.4 Å². The number of benzene rings is 2. The molecule has 3 aliphatic rings. The van der Waals surface area contributed by atoms with Crippen LogP contribution in [-0.2, 0) is 14.4 Å². The molecular weight excluding hydrogens is 450 g/mol. The van der Waals surface area contributed by atoms with Crippen molar-refractivity contribution in [2.45, 2.75) is 38.3 Å². The van der Waals surface area contributed by atoms with E-state index in [4.69, 9.17) is 9.47 Å². The molecule has 182 valence electrons. The first-order chi connectivity index (χ1) is 17.0. The summed E-state index contributed by atoms with van der Waals surface area (Å²) in [5, 5.41) is 0. The van der Waals surface area contributed by atoms with Gasteiger partial charge in [-0.25, -0.2) is 14.6 Å². The molecule has 2 aromatic rings. The molecule has 0 aliphatic carbocycles. The van der Waals surface area contributed by atoms with E-state index in [2.05, 4.69) is 0 Å². The highest BCUT2D eigenvalue weighted by atomic mass is 16.5. The summed E-state index contributed by atoms with van der Waals surface area (Å²) in [5.41, 5.74) is 1.64. The van der Waals surface area contributed by atoms with Gasteiger partial charge in [-0.2, -0.15) is 0 Å². The number of urea groups is 1. The van der Waals surface area contributed by atoms with Crippen molar-refractivity contribution in [3.8, 4) is 11.5 Å². The van der Waals surface area contributed by atoms with Gasteiger partial charge < -0.3 is 14.4 Å². The Kier molecular flexibility index (Phi) is 6.15. The van der Waals surface area contributed by atoms with Gasteiger partial charge in [0.1, 0.15) is 6.54 Å². The van der Waals surface area contributed by atoms with Crippen LogP contribution in [0.2, 0.25) is 0 Å². The van der Waals surface area contributed by atoms with Crippen molar-refractivity contribution in [3.63, 3.8) is 0 Å². The third-order valence-electron chi connectivity index (χ3n) is 6.78. The molecule has 9 heteroatoms. The number of nitrogens with zero attached hydrogens (tertiary/aromatic N) is 3. The summed E-state index contributed by atoms with van der Waals surface area (Å²) in [6.45, 7) is 2.88. The van der Waals surface area contributed by atoms with Gasteiger partial charge in [0.15, 0.2) is 11.5 Å². The zero-order valence-electron chi connectivity index (χ0n) is 19.5. The Labute approximate surface area is 203 Å². The van der Waals surface area contributed by atoms with Crippen LogP contribution in [0, 0.1) is 0 Å².